The number of carbonyl (C=O) groups is 1. The van der Waals surface area contributed by atoms with Crippen LogP contribution in [0.5, 0.6) is 0 Å². The predicted octanol–water partition coefficient (Wildman–Crippen LogP) is 2.10. The Kier molecular flexibility index (Phi) is 4.57. The van der Waals surface area contributed by atoms with Gasteiger partial charge in [0.1, 0.15) is 6.29 Å². The molecule has 2 aliphatic heterocycles. The lowest BCUT2D eigenvalue weighted by Gasteiger charge is -2.40. The fourth-order valence-electron chi connectivity index (χ4n) is 3.16. The van der Waals surface area contributed by atoms with E-state index in [1.165, 1.54) is 38.6 Å². The Labute approximate surface area is 105 Å². The Balaban J connectivity index is 1.91. The van der Waals surface area contributed by atoms with Crippen molar-refractivity contribution in [2.45, 2.75) is 39.0 Å². The summed E-state index contributed by atoms with van der Waals surface area (Å²) in [6, 6.07) is 0. The zero-order valence-electron chi connectivity index (χ0n) is 11.0. The minimum atomic E-state index is -0.117. The van der Waals surface area contributed by atoms with Crippen molar-refractivity contribution >= 4 is 6.29 Å². The summed E-state index contributed by atoms with van der Waals surface area (Å²) in [6.07, 6.45) is 6.94. The van der Waals surface area contributed by atoms with Crippen LogP contribution in [0.4, 0.5) is 0 Å². The van der Waals surface area contributed by atoms with Gasteiger partial charge in [-0.15, -0.1) is 0 Å². The Hall–Kier alpha value is -0.410. The van der Waals surface area contributed by atoms with Crippen molar-refractivity contribution in [2.24, 2.45) is 11.3 Å². The van der Waals surface area contributed by atoms with Gasteiger partial charge < -0.3 is 14.4 Å². The first kappa shape index (κ1) is 13.0. The zero-order chi connectivity index (χ0) is 12.1. The molecule has 0 radical (unpaired) electrons. The van der Waals surface area contributed by atoms with E-state index in [-0.39, 0.29) is 5.41 Å². The topological polar surface area (TPSA) is 29.5 Å². The number of hydrogen-bond acceptors (Lipinski definition) is 3. The van der Waals surface area contributed by atoms with Gasteiger partial charge in [-0.3, -0.25) is 0 Å². The number of rotatable bonds is 4. The summed E-state index contributed by atoms with van der Waals surface area (Å²) in [7, 11) is 0. The van der Waals surface area contributed by atoms with E-state index in [1.54, 1.807) is 0 Å². The molecule has 0 bridgehead atoms. The molecule has 0 saturated carbocycles. The fourth-order valence-corrected chi connectivity index (χ4v) is 3.16. The van der Waals surface area contributed by atoms with Crippen LogP contribution in [0.3, 0.4) is 0 Å². The van der Waals surface area contributed by atoms with Crippen LogP contribution in [0, 0.1) is 11.3 Å². The highest BCUT2D eigenvalue weighted by molar-refractivity contribution is 5.60. The normalized spacial score (nSPS) is 30.1. The van der Waals surface area contributed by atoms with Gasteiger partial charge in [0, 0.05) is 31.7 Å². The third-order valence-electron chi connectivity index (χ3n) is 4.46. The van der Waals surface area contributed by atoms with E-state index in [9.17, 15) is 4.79 Å². The van der Waals surface area contributed by atoms with Crippen LogP contribution in [0.1, 0.15) is 39.0 Å². The molecule has 3 heteroatoms. The monoisotopic (exact) mass is 239 g/mol. The molecule has 0 N–H and O–H groups in total. The standard InChI is InChI=1S/C14H25NO2/c1-2-13-4-3-7-15(10-13)11-14(12-16)5-8-17-9-6-14/h12-13H,2-11H2,1H3. The van der Waals surface area contributed by atoms with Crippen molar-refractivity contribution < 1.29 is 9.53 Å². The second-order valence-corrected chi connectivity index (χ2v) is 5.74. The van der Waals surface area contributed by atoms with E-state index in [0.717, 1.165) is 38.5 Å². The van der Waals surface area contributed by atoms with Gasteiger partial charge in [-0.2, -0.15) is 0 Å². The highest BCUT2D eigenvalue weighted by Gasteiger charge is 2.35. The molecule has 2 rings (SSSR count). The van der Waals surface area contributed by atoms with E-state index in [2.05, 4.69) is 11.8 Å². The van der Waals surface area contributed by atoms with Crippen LogP contribution < -0.4 is 0 Å². The van der Waals surface area contributed by atoms with E-state index in [0.29, 0.717) is 0 Å². The van der Waals surface area contributed by atoms with Crippen LogP contribution in [-0.4, -0.2) is 44.0 Å². The van der Waals surface area contributed by atoms with Crippen LogP contribution in [0.2, 0.25) is 0 Å². The summed E-state index contributed by atoms with van der Waals surface area (Å²) < 4.78 is 5.38. The van der Waals surface area contributed by atoms with Crippen LogP contribution >= 0.6 is 0 Å². The highest BCUT2D eigenvalue weighted by Crippen LogP contribution is 2.31. The minimum absolute atomic E-state index is 0.117. The van der Waals surface area contributed by atoms with Gasteiger partial charge >= 0.3 is 0 Å². The van der Waals surface area contributed by atoms with Gasteiger partial charge in [0.05, 0.1) is 0 Å². The maximum absolute atomic E-state index is 11.4. The van der Waals surface area contributed by atoms with Crippen molar-refractivity contribution in [3.8, 4) is 0 Å². The average Bonchev–Trinajstić information content (AvgIpc) is 2.40. The first-order valence-corrected chi connectivity index (χ1v) is 7.04. The molecule has 0 aliphatic carbocycles. The molecule has 2 aliphatic rings. The number of nitrogens with zero attached hydrogens (tertiary/aromatic N) is 1. The summed E-state index contributed by atoms with van der Waals surface area (Å²) in [4.78, 5) is 13.9. The summed E-state index contributed by atoms with van der Waals surface area (Å²) in [5.74, 6) is 0.840. The minimum Gasteiger partial charge on any atom is -0.381 e. The molecule has 0 aromatic carbocycles. The van der Waals surface area contributed by atoms with E-state index in [4.69, 9.17) is 4.74 Å². The lowest BCUT2D eigenvalue weighted by atomic mass is 9.80. The average molecular weight is 239 g/mol. The lowest BCUT2D eigenvalue weighted by molar-refractivity contribution is -0.123. The molecular weight excluding hydrogens is 214 g/mol. The molecule has 3 nitrogen and oxygen atoms in total. The molecule has 0 amide bonds. The number of piperidine rings is 1. The zero-order valence-corrected chi connectivity index (χ0v) is 11.0. The fraction of sp³-hybridized carbons (Fsp3) is 0.929. The van der Waals surface area contributed by atoms with Gasteiger partial charge in [-0.1, -0.05) is 13.3 Å². The van der Waals surface area contributed by atoms with E-state index < -0.39 is 0 Å². The molecule has 2 saturated heterocycles. The number of hydrogen-bond donors (Lipinski definition) is 0. The molecule has 17 heavy (non-hydrogen) atoms. The Morgan fingerprint density at radius 3 is 2.82 bits per heavy atom. The second-order valence-electron chi connectivity index (χ2n) is 5.74. The Morgan fingerprint density at radius 2 is 2.18 bits per heavy atom. The molecule has 2 fully saturated rings. The van der Waals surface area contributed by atoms with Gasteiger partial charge in [0.25, 0.3) is 0 Å². The van der Waals surface area contributed by atoms with Gasteiger partial charge in [0.2, 0.25) is 0 Å². The van der Waals surface area contributed by atoms with E-state index >= 15 is 0 Å². The molecule has 0 spiro atoms. The van der Waals surface area contributed by atoms with Crippen molar-refractivity contribution in [3.05, 3.63) is 0 Å². The van der Waals surface area contributed by atoms with E-state index in [1.807, 2.05) is 0 Å². The lowest BCUT2D eigenvalue weighted by Crippen LogP contribution is -2.46. The first-order chi connectivity index (χ1) is 8.28. The summed E-state index contributed by atoms with van der Waals surface area (Å²) in [5, 5.41) is 0. The first-order valence-electron chi connectivity index (χ1n) is 7.04. The third-order valence-corrected chi connectivity index (χ3v) is 4.46. The smallest absolute Gasteiger partial charge is 0.127 e. The number of aldehydes is 1. The quantitative estimate of drug-likeness (QED) is 0.704. The molecule has 0 aromatic heterocycles. The summed E-state index contributed by atoms with van der Waals surface area (Å²) >= 11 is 0. The van der Waals surface area contributed by atoms with Crippen LogP contribution in [0.25, 0.3) is 0 Å². The largest absolute Gasteiger partial charge is 0.381 e. The van der Waals surface area contributed by atoms with Crippen LogP contribution in [0.15, 0.2) is 0 Å². The van der Waals surface area contributed by atoms with Crippen molar-refractivity contribution in [3.63, 3.8) is 0 Å². The van der Waals surface area contributed by atoms with Gasteiger partial charge in [-0.25, -0.2) is 0 Å². The predicted molar refractivity (Wildman–Crippen MR) is 68.0 cm³/mol. The Morgan fingerprint density at radius 1 is 1.41 bits per heavy atom. The number of carbonyl (C=O) groups excluding carboxylic acids is 1. The molecule has 98 valence electrons. The molecular formula is C14H25NO2. The van der Waals surface area contributed by atoms with Crippen molar-refractivity contribution in [2.75, 3.05) is 32.8 Å². The molecule has 0 aromatic rings. The van der Waals surface area contributed by atoms with Crippen LogP contribution in [-0.2, 0) is 9.53 Å². The summed E-state index contributed by atoms with van der Waals surface area (Å²) in [5.41, 5.74) is -0.117. The molecule has 1 atom stereocenters. The van der Waals surface area contributed by atoms with Gasteiger partial charge in [-0.05, 0) is 38.1 Å². The number of likely N-dealkylation sites (tertiary alicyclic amines) is 1. The Bertz CT molecular complexity index is 249. The maximum Gasteiger partial charge on any atom is 0.127 e. The van der Waals surface area contributed by atoms with Gasteiger partial charge in [0.15, 0.2) is 0 Å². The maximum atomic E-state index is 11.4. The molecule has 2 heterocycles. The summed E-state index contributed by atoms with van der Waals surface area (Å²) in [6.45, 7) is 7.10. The second kappa shape index (κ2) is 5.96. The number of ether oxygens (including phenoxy) is 1. The SMILES string of the molecule is CCC1CCCN(CC2(C=O)CCOCC2)C1. The van der Waals surface area contributed by atoms with Crippen molar-refractivity contribution in [1.82, 2.24) is 4.90 Å². The van der Waals surface area contributed by atoms with Crippen molar-refractivity contribution in [1.29, 1.82) is 0 Å². The molecule has 1 unspecified atom stereocenters. The third kappa shape index (κ3) is 3.29. The highest BCUT2D eigenvalue weighted by atomic mass is 16.5.